The molecule has 200 valence electrons. The van der Waals surface area contributed by atoms with E-state index < -0.39 is 24.5 Å². The average Bonchev–Trinajstić information content (AvgIpc) is 3.18. The van der Waals surface area contributed by atoms with Crippen LogP contribution in [0.3, 0.4) is 0 Å². The van der Waals surface area contributed by atoms with Gasteiger partial charge < -0.3 is 24.8 Å². The van der Waals surface area contributed by atoms with Gasteiger partial charge in [-0.3, -0.25) is 14.5 Å². The molecule has 1 heterocycles. The van der Waals surface area contributed by atoms with E-state index in [1.807, 2.05) is 12.1 Å². The van der Waals surface area contributed by atoms with E-state index in [1.54, 1.807) is 14.2 Å². The molecular formula is C28H35NO8. The van der Waals surface area contributed by atoms with E-state index in [2.05, 4.69) is 35.2 Å². The second-order valence-electron chi connectivity index (χ2n) is 9.52. The number of carbonyl (C=O) groups is 3. The summed E-state index contributed by atoms with van der Waals surface area (Å²) < 4.78 is 10.8. The van der Waals surface area contributed by atoms with Gasteiger partial charge in [-0.1, -0.05) is 30.3 Å². The van der Waals surface area contributed by atoms with Gasteiger partial charge in [-0.05, 0) is 68.0 Å². The molecule has 1 aliphatic heterocycles. The van der Waals surface area contributed by atoms with Gasteiger partial charge in [-0.15, -0.1) is 0 Å². The Bertz CT molecular complexity index is 1080. The van der Waals surface area contributed by atoms with Crippen molar-refractivity contribution in [1.82, 2.24) is 4.90 Å². The molecule has 2 aromatic carbocycles. The summed E-state index contributed by atoms with van der Waals surface area (Å²) in [7, 11) is 3.26. The average molecular weight is 514 g/mol. The SMILES string of the molecule is COc1cc2c(cc1OC)C(=O)C(CC1CCN(Cc3ccccc3)CC1)C2.O=C(O)CC(O)C(=O)O. The Kier molecular flexibility index (Phi) is 10.0. The Morgan fingerprint density at radius 1 is 1.03 bits per heavy atom. The molecule has 9 nitrogen and oxygen atoms in total. The lowest BCUT2D eigenvalue weighted by Crippen LogP contribution is -2.34. The van der Waals surface area contributed by atoms with E-state index in [0.717, 1.165) is 43.6 Å². The summed E-state index contributed by atoms with van der Waals surface area (Å²) in [6.45, 7) is 3.27. The number of aliphatic hydroxyl groups is 1. The maximum Gasteiger partial charge on any atom is 0.333 e. The van der Waals surface area contributed by atoms with Crippen LogP contribution in [0.15, 0.2) is 42.5 Å². The number of piperidine rings is 1. The number of aliphatic carboxylic acids is 2. The summed E-state index contributed by atoms with van der Waals surface area (Å²) in [5.41, 5.74) is 3.31. The van der Waals surface area contributed by atoms with E-state index in [9.17, 15) is 14.4 Å². The summed E-state index contributed by atoms with van der Waals surface area (Å²) in [4.78, 5) is 34.9. The molecular weight excluding hydrogens is 478 g/mol. The zero-order chi connectivity index (χ0) is 26.9. The molecule has 0 saturated carbocycles. The largest absolute Gasteiger partial charge is 0.493 e. The predicted molar refractivity (Wildman–Crippen MR) is 136 cm³/mol. The number of carboxylic acids is 2. The lowest BCUT2D eigenvalue weighted by atomic mass is 9.85. The Morgan fingerprint density at radius 2 is 1.65 bits per heavy atom. The third kappa shape index (κ3) is 7.77. The molecule has 0 aromatic heterocycles. The third-order valence-electron chi connectivity index (χ3n) is 6.94. The standard InChI is InChI=1S/C24H29NO3.C4H6O5/c1-27-22-14-19-13-20(24(26)21(19)15-23(22)28-2)12-17-8-10-25(11-9-17)16-18-6-4-3-5-7-18;5-2(4(8)9)1-3(6)7/h3-7,14-15,17,20H,8-13,16H2,1-2H3;2,5H,1H2,(H,6,7)(H,8,9). The van der Waals surface area contributed by atoms with E-state index in [0.29, 0.717) is 17.4 Å². The van der Waals surface area contributed by atoms with Crippen molar-refractivity contribution >= 4 is 17.7 Å². The monoisotopic (exact) mass is 513 g/mol. The first-order valence-corrected chi connectivity index (χ1v) is 12.4. The van der Waals surface area contributed by atoms with Gasteiger partial charge in [0, 0.05) is 18.0 Å². The molecule has 1 saturated heterocycles. The number of rotatable bonds is 9. The summed E-state index contributed by atoms with van der Waals surface area (Å²) >= 11 is 0. The fourth-order valence-corrected chi connectivity index (χ4v) is 4.96. The van der Waals surface area contributed by atoms with E-state index >= 15 is 0 Å². The smallest absolute Gasteiger partial charge is 0.333 e. The fourth-order valence-electron chi connectivity index (χ4n) is 4.96. The highest BCUT2D eigenvalue weighted by Crippen LogP contribution is 2.39. The van der Waals surface area contributed by atoms with Crippen molar-refractivity contribution in [3.63, 3.8) is 0 Å². The number of Topliss-reactive ketones (excluding diaryl/α,β-unsaturated/α-hetero) is 1. The van der Waals surface area contributed by atoms with E-state index in [-0.39, 0.29) is 11.7 Å². The molecule has 0 radical (unpaired) electrons. The van der Waals surface area contributed by atoms with Gasteiger partial charge in [0.1, 0.15) is 0 Å². The van der Waals surface area contributed by atoms with Crippen LogP contribution in [0.4, 0.5) is 0 Å². The van der Waals surface area contributed by atoms with Crippen molar-refractivity contribution in [2.45, 2.75) is 44.8 Å². The van der Waals surface area contributed by atoms with Gasteiger partial charge in [0.15, 0.2) is 23.4 Å². The summed E-state index contributed by atoms with van der Waals surface area (Å²) in [6, 6.07) is 14.5. The van der Waals surface area contributed by atoms with Crippen LogP contribution in [-0.2, 0) is 22.6 Å². The lowest BCUT2D eigenvalue weighted by Gasteiger charge is -2.32. The van der Waals surface area contributed by atoms with Crippen molar-refractivity contribution in [2.24, 2.45) is 11.8 Å². The Labute approximate surface area is 216 Å². The number of hydrogen-bond acceptors (Lipinski definition) is 7. The summed E-state index contributed by atoms with van der Waals surface area (Å²) in [5, 5.41) is 24.1. The Morgan fingerprint density at radius 3 is 2.19 bits per heavy atom. The normalized spacial score (nSPS) is 18.4. The minimum atomic E-state index is -1.79. The maximum absolute atomic E-state index is 12.9. The van der Waals surface area contributed by atoms with Crippen LogP contribution in [0.5, 0.6) is 11.5 Å². The van der Waals surface area contributed by atoms with Crippen molar-refractivity contribution in [2.75, 3.05) is 27.3 Å². The van der Waals surface area contributed by atoms with Gasteiger partial charge in [0.05, 0.1) is 20.6 Å². The molecule has 2 aliphatic rings. The summed E-state index contributed by atoms with van der Waals surface area (Å²) in [5.74, 6) is -0.463. The Hall–Kier alpha value is -3.43. The minimum Gasteiger partial charge on any atom is -0.493 e. The molecule has 2 unspecified atom stereocenters. The zero-order valence-electron chi connectivity index (χ0n) is 21.3. The number of carboxylic acid groups (broad SMARTS) is 2. The number of methoxy groups -OCH3 is 2. The quantitative estimate of drug-likeness (QED) is 0.462. The van der Waals surface area contributed by atoms with Crippen molar-refractivity contribution in [3.05, 3.63) is 59.2 Å². The van der Waals surface area contributed by atoms with E-state index in [4.69, 9.17) is 24.8 Å². The first kappa shape index (κ1) is 28.1. The molecule has 4 rings (SSSR count). The number of likely N-dealkylation sites (tertiary alicyclic amines) is 1. The van der Waals surface area contributed by atoms with Gasteiger partial charge in [0.2, 0.25) is 0 Å². The topological polar surface area (TPSA) is 134 Å². The van der Waals surface area contributed by atoms with Crippen LogP contribution in [0.25, 0.3) is 0 Å². The number of benzene rings is 2. The number of hydrogen-bond donors (Lipinski definition) is 3. The van der Waals surface area contributed by atoms with Crippen LogP contribution < -0.4 is 9.47 Å². The molecule has 0 amide bonds. The highest BCUT2D eigenvalue weighted by molar-refractivity contribution is 6.02. The number of aliphatic hydroxyl groups excluding tert-OH is 1. The molecule has 3 N–H and O–H groups in total. The lowest BCUT2D eigenvalue weighted by molar-refractivity contribution is -0.152. The molecule has 37 heavy (non-hydrogen) atoms. The molecule has 0 spiro atoms. The first-order valence-electron chi connectivity index (χ1n) is 12.4. The third-order valence-corrected chi connectivity index (χ3v) is 6.94. The minimum absolute atomic E-state index is 0.109. The van der Waals surface area contributed by atoms with Crippen LogP contribution in [0.1, 0.15) is 47.2 Å². The second-order valence-corrected chi connectivity index (χ2v) is 9.52. The highest BCUT2D eigenvalue weighted by Gasteiger charge is 2.34. The molecule has 1 aliphatic carbocycles. The van der Waals surface area contributed by atoms with Crippen molar-refractivity contribution in [1.29, 1.82) is 0 Å². The molecule has 2 aromatic rings. The predicted octanol–water partition coefficient (Wildman–Crippen LogP) is 3.27. The van der Waals surface area contributed by atoms with Crippen LogP contribution in [0.2, 0.25) is 0 Å². The van der Waals surface area contributed by atoms with E-state index in [1.165, 1.54) is 18.4 Å². The fraction of sp³-hybridized carbons (Fsp3) is 0.464. The number of carbonyl (C=O) groups excluding carboxylic acids is 1. The van der Waals surface area contributed by atoms with Crippen LogP contribution in [0, 0.1) is 11.8 Å². The zero-order valence-corrected chi connectivity index (χ0v) is 21.3. The number of nitrogens with zero attached hydrogens (tertiary/aromatic N) is 1. The van der Waals surface area contributed by atoms with Gasteiger partial charge in [-0.2, -0.15) is 0 Å². The van der Waals surface area contributed by atoms with Gasteiger partial charge in [-0.25, -0.2) is 4.79 Å². The molecule has 9 heteroatoms. The van der Waals surface area contributed by atoms with Crippen LogP contribution in [-0.4, -0.2) is 71.4 Å². The first-order chi connectivity index (χ1) is 17.7. The maximum atomic E-state index is 12.9. The Balaban J connectivity index is 0.000000364. The summed E-state index contributed by atoms with van der Waals surface area (Å²) in [6.07, 6.45) is 1.65. The van der Waals surface area contributed by atoms with Crippen LogP contribution >= 0.6 is 0 Å². The molecule has 2 atom stereocenters. The number of ether oxygens (including phenoxy) is 2. The number of ketones is 1. The molecule has 0 bridgehead atoms. The number of fused-ring (bicyclic) bond motifs is 1. The highest BCUT2D eigenvalue weighted by atomic mass is 16.5. The molecule has 1 fully saturated rings. The van der Waals surface area contributed by atoms with Crippen molar-refractivity contribution in [3.8, 4) is 11.5 Å². The second kappa shape index (κ2) is 13.2. The van der Waals surface area contributed by atoms with Crippen molar-refractivity contribution < 1.29 is 39.2 Å². The van der Waals surface area contributed by atoms with Gasteiger partial charge in [0.25, 0.3) is 0 Å². The van der Waals surface area contributed by atoms with Gasteiger partial charge >= 0.3 is 11.9 Å².